The minimum atomic E-state index is -4.64. The van der Waals surface area contributed by atoms with E-state index in [9.17, 15) is 0 Å². The zero-order valence-electron chi connectivity index (χ0n) is 18.6. The molecule has 6 rings (SSSR count). The fourth-order valence-corrected chi connectivity index (χ4v) is 4.19. The molecule has 6 aromatic carbocycles. The van der Waals surface area contributed by atoms with Crippen LogP contribution in [0.1, 0.15) is 7.43 Å². The molecule has 0 amide bonds. The molecule has 6 N–H and O–H groups in total. The molecule has 0 aliphatic carbocycles. The zero-order valence-corrected chi connectivity index (χ0v) is 20.4. The predicted molar refractivity (Wildman–Crippen MR) is 149 cm³/mol. The molecule has 0 aliphatic heterocycles. The van der Waals surface area contributed by atoms with Gasteiger partial charge in [-0.1, -0.05) is 68.1 Å². The standard InChI is InChI=1S/C26H16.CH4.2H3O4P/c1-2-7-19-13-24-16-26-22(14-23(24)12-18(19)6-1)10-9-21-11-17-5-3-4-8-20(17)15-25(21)26;;2*1-5(2,3)4/h1-16H;1H4;2*(H3,1,2,3,4). The summed E-state index contributed by atoms with van der Waals surface area (Å²) in [6, 6.07) is 35.6. The lowest BCUT2D eigenvalue weighted by atomic mass is 9.95. The molecular weight excluding hydrogens is 514 g/mol. The number of fused-ring (bicyclic) bond motifs is 6. The van der Waals surface area contributed by atoms with Gasteiger partial charge < -0.3 is 29.4 Å². The Bertz CT molecular complexity index is 1770. The fraction of sp³-hybridized carbons (Fsp3) is 0.0370. The summed E-state index contributed by atoms with van der Waals surface area (Å²) in [5.41, 5.74) is 0. The Balaban J connectivity index is 0.000000299. The van der Waals surface area contributed by atoms with Crippen LogP contribution in [0.15, 0.2) is 97.1 Å². The van der Waals surface area contributed by atoms with Crippen LogP contribution in [-0.4, -0.2) is 29.4 Å². The number of rotatable bonds is 0. The maximum absolute atomic E-state index is 8.88. The van der Waals surface area contributed by atoms with Gasteiger partial charge in [0.25, 0.3) is 0 Å². The van der Waals surface area contributed by atoms with Gasteiger partial charge in [0.15, 0.2) is 0 Å². The Hall–Kier alpha value is -3.16. The second kappa shape index (κ2) is 11.1. The fourth-order valence-electron chi connectivity index (χ4n) is 4.19. The molecule has 0 unspecified atom stereocenters. The highest BCUT2D eigenvalue weighted by molar-refractivity contribution is 7.45. The summed E-state index contributed by atoms with van der Waals surface area (Å²) in [4.78, 5) is 43.1. The lowest BCUT2D eigenvalue weighted by Crippen LogP contribution is -1.82. The second-order valence-electron chi connectivity index (χ2n) is 8.13. The summed E-state index contributed by atoms with van der Waals surface area (Å²) in [6.45, 7) is 0. The molecule has 8 nitrogen and oxygen atoms in total. The second-order valence-corrected chi connectivity index (χ2v) is 10.2. The van der Waals surface area contributed by atoms with Gasteiger partial charge in [0, 0.05) is 0 Å². The molecule has 0 saturated heterocycles. The Morgan fingerprint density at radius 2 is 0.622 bits per heavy atom. The van der Waals surface area contributed by atoms with E-state index in [1.165, 1.54) is 53.9 Å². The van der Waals surface area contributed by atoms with Crippen LogP contribution in [0, 0.1) is 0 Å². The van der Waals surface area contributed by atoms with Crippen LogP contribution in [0.2, 0.25) is 0 Å². The smallest absolute Gasteiger partial charge is 0.303 e. The van der Waals surface area contributed by atoms with E-state index >= 15 is 0 Å². The van der Waals surface area contributed by atoms with Gasteiger partial charge in [0.1, 0.15) is 0 Å². The average molecular weight is 540 g/mol. The summed E-state index contributed by atoms with van der Waals surface area (Å²) in [5.74, 6) is 0. The molecule has 0 aromatic heterocycles. The van der Waals surface area contributed by atoms with Crippen LogP contribution >= 0.6 is 15.6 Å². The summed E-state index contributed by atoms with van der Waals surface area (Å²) in [5, 5.41) is 13.1. The zero-order chi connectivity index (χ0) is 26.1. The van der Waals surface area contributed by atoms with Gasteiger partial charge in [-0.3, -0.25) is 0 Å². The van der Waals surface area contributed by atoms with Crippen LogP contribution in [-0.2, 0) is 9.13 Å². The lowest BCUT2D eigenvalue weighted by Gasteiger charge is -2.09. The number of phosphoric acid groups is 2. The average Bonchev–Trinajstić information content (AvgIpc) is 2.78. The molecule has 37 heavy (non-hydrogen) atoms. The molecule has 0 saturated carbocycles. The molecule has 0 aliphatic rings. The SMILES string of the molecule is C.O=P(O)(O)O.O=P(O)(O)O.c1ccc2cc3cc4c(ccc5cc6ccccc6cc54)cc3cc2c1. The highest BCUT2D eigenvalue weighted by Gasteiger charge is 2.06. The Morgan fingerprint density at radius 1 is 0.378 bits per heavy atom. The number of hydrogen-bond acceptors (Lipinski definition) is 2. The van der Waals surface area contributed by atoms with E-state index in [4.69, 9.17) is 38.5 Å². The first-order valence-corrected chi connectivity index (χ1v) is 13.7. The van der Waals surface area contributed by atoms with Crippen molar-refractivity contribution in [1.82, 2.24) is 0 Å². The Labute approximate surface area is 212 Å². The third kappa shape index (κ3) is 7.66. The summed E-state index contributed by atoms with van der Waals surface area (Å²) < 4.78 is 17.8. The van der Waals surface area contributed by atoms with E-state index in [2.05, 4.69) is 97.1 Å². The molecule has 192 valence electrons. The van der Waals surface area contributed by atoms with Gasteiger partial charge in [-0.05, 0) is 90.3 Å². The maximum atomic E-state index is 8.88. The first kappa shape index (κ1) is 28.4. The lowest BCUT2D eigenvalue weighted by molar-refractivity contribution is 0.272. The molecule has 0 fully saturated rings. The van der Waals surface area contributed by atoms with E-state index in [0.29, 0.717) is 0 Å². The first-order chi connectivity index (χ1) is 16.8. The van der Waals surface area contributed by atoms with E-state index in [1.54, 1.807) is 0 Å². The molecular formula is C27H26O8P2. The molecule has 0 radical (unpaired) electrons. The molecule has 0 atom stereocenters. The monoisotopic (exact) mass is 540 g/mol. The van der Waals surface area contributed by atoms with Crippen LogP contribution in [0.3, 0.4) is 0 Å². The van der Waals surface area contributed by atoms with E-state index in [-0.39, 0.29) is 7.43 Å². The Kier molecular flexibility index (Phi) is 8.50. The van der Waals surface area contributed by atoms with Gasteiger partial charge in [-0.15, -0.1) is 0 Å². The molecule has 0 spiro atoms. The topological polar surface area (TPSA) is 156 Å². The third-order valence-corrected chi connectivity index (χ3v) is 5.52. The highest BCUT2D eigenvalue weighted by Crippen LogP contribution is 2.33. The van der Waals surface area contributed by atoms with Crippen molar-refractivity contribution in [2.24, 2.45) is 0 Å². The summed E-state index contributed by atoms with van der Waals surface area (Å²) in [6.07, 6.45) is 0. The molecule has 0 heterocycles. The van der Waals surface area contributed by atoms with Crippen LogP contribution in [0.4, 0.5) is 0 Å². The predicted octanol–water partition coefficient (Wildman–Crippen LogP) is 6.23. The minimum absolute atomic E-state index is 0. The number of benzene rings is 6. The molecule has 10 heteroatoms. The maximum Gasteiger partial charge on any atom is 0.466 e. The van der Waals surface area contributed by atoms with Gasteiger partial charge in [0.05, 0.1) is 0 Å². The van der Waals surface area contributed by atoms with Crippen molar-refractivity contribution in [3.8, 4) is 0 Å². The van der Waals surface area contributed by atoms with E-state index < -0.39 is 15.6 Å². The van der Waals surface area contributed by atoms with Gasteiger partial charge >= 0.3 is 15.6 Å². The van der Waals surface area contributed by atoms with E-state index in [0.717, 1.165) is 0 Å². The van der Waals surface area contributed by atoms with Crippen molar-refractivity contribution < 1.29 is 38.5 Å². The Morgan fingerprint density at radius 3 is 1.00 bits per heavy atom. The largest absolute Gasteiger partial charge is 0.466 e. The highest BCUT2D eigenvalue weighted by atomic mass is 31.2. The summed E-state index contributed by atoms with van der Waals surface area (Å²) >= 11 is 0. The van der Waals surface area contributed by atoms with Gasteiger partial charge in [-0.2, -0.15) is 0 Å². The van der Waals surface area contributed by atoms with Crippen LogP contribution in [0.5, 0.6) is 0 Å². The quantitative estimate of drug-likeness (QED) is 0.0752. The van der Waals surface area contributed by atoms with Gasteiger partial charge in [0.2, 0.25) is 0 Å². The molecule has 0 bridgehead atoms. The van der Waals surface area contributed by atoms with Crippen molar-refractivity contribution in [3.05, 3.63) is 97.1 Å². The summed E-state index contributed by atoms with van der Waals surface area (Å²) in [7, 11) is -9.28. The normalized spacial score (nSPS) is 11.5. The van der Waals surface area contributed by atoms with Crippen LogP contribution in [0.25, 0.3) is 53.9 Å². The van der Waals surface area contributed by atoms with Crippen molar-refractivity contribution in [3.63, 3.8) is 0 Å². The van der Waals surface area contributed by atoms with Crippen molar-refractivity contribution in [2.75, 3.05) is 0 Å². The van der Waals surface area contributed by atoms with Crippen LogP contribution < -0.4 is 0 Å². The van der Waals surface area contributed by atoms with Crippen molar-refractivity contribution >= 4 is 69.5 Å². The van der Waals surface area contributed by atoms with Crippen molar-refractivity contribution in [1.29, 1.82) is 0 Å². The minimum Gasteiger partial charge on any atom is -0.303 e. The van der Waals surface area contributed by atoms with Gasteiger partial charge in [-0.25, -0.2) is 9.13 Å². The molecule has 6 aromatic rings. The third-order valence-electron chi connectivity index (χ3n) is 5.52. The van der Waals surface area contributed by atoms with E-state index in [1.807, 2.05) is 0 Å². The van der Waals surface area contributed by atoms with Crippen molar-refractivity contribution in [2.45, 2.75) is 7.43 Å². The first-order valence-electron chi connectivity index (χ1n) is 10.6. The number of hydrogen-bond donors (Lipinski definition) is 6.